The van der Waals surface area contributed by atoms with E-state index < -0.39 is 6.04 Å². The van der Waals surface area contributed by atoms with Crippen LogP contribution in [-0.4, -0.2) is 54.9 Å². The number of benzene rings is 2. The van der Waals surface area contributed by atoms with Crippen molar-refractivity contribution in [2.24, 2.45) is 5.92 Å². The molecular formula is C27H35N3O4. The molecule has 1 heterocycles. The van der Waals surface area contributed by atoms with Gasteiger partial charge in [0.25, 0.3) is 11.8 Å². The molecule has 2 aromatic carbocycles. The van der Waals surface area contributed by atoms with E-state index in [0.29, 0.717) is 42.8 Å². The highest BCUT2D eigenvalue weighted by molar-refractivity contribution is 5.98. The van der Waals surface area contributed by atoms with Gasteiger partial charge in [-0.3, -0.25) is 14.4 Å². The number of amides is 3. The molecule has 1 saturated heterocycles. The molecule has 0 radical (unpaired) electrons. The molecule has 2 atom stereocenters. The summed E-state index contributed by atoms with van der Waals surface area (Å²) in [5, 5.41) is 5.97. The summed E-state index contributed by atoms with van der Waals surface area (Å²) >= 11 is 0. The van der Waals surface area contributed by atoms with Gasteiger partial charge >= 0.3 is 0 Å². The van der Waals surface area contributed by atoms with Gasteiger partial charge in [-0.25, -0.2) is 0 Å². The average molecular weight is 466 g/mol. The molecule has 1 aliphatic rings. The number of rotatable bonds is 8. The lowest BCUT2D eigenvalue weighted by Gasteiger charge is -2.36. The van der Waals surface area contributed by atoms with Crippen LogP contribution in [-0.2, 0) is 4.79 Å². The van der Waals surface area contributed by atoms with Crippen LogP contribution in [0.25, 0.3) is 0 Å². The van der Waals surface area contributed by atoms with Crippen LogP contribution in [0.4, 0.5) is 0 Å². The summed E-state index contributed by atoms with van der Waals surface area (Å²) in [6.45, 7) is 7.00. The molecule has 2 unspecified atom stereocenters. The molecule has 0 bridgehead atoms. The normalized spacial score (nSPS) is 15.8. The van der Waals surface area contributed by atoms with Crippen molar-refractivity contribution in [3.63, 3.8) is 0 Å². The van der Waals surface area contributed by atoms with Crippen molar-refractivity contribution in [2.45, 2.75) is 52.1 Å². The van der Waals surface area contributed by atoms with Gasteiger partial charge in [0.1, 0.15) is 11.8 Å². The molecular weight excluding hydrogens is 430 g/mol. The maximum atomic E-state index is 13.1. The smallest absolute Gasteiger partial charge is 0.253 e. The second-order valence-corrected chi connectivity index (χ2v) is 9.00. The Labute approximate surface area is 201 Å². The van der Waals surface area contributed by atoms with E-state index >= 15 is 0 Å². The first-order valence-corrected chi connectivity index (χ1v) is 11.9. The Morgan fingerprint density at radius 3 is 2.35 bits per heavy atom. The minimum atomic E-state index is -0.677. The van der Waals surface area contributed by atoms with E-state index in [2.05, 4.69) is 10.6 Å². The fourth-order valence-corrected chi connectivity index (χ4v) is 4.22. The first kappa shape index (κ1) is 25.3. The van der Waals surface area contributed by atoms with E-state index in [9.17, 15) is 14.4 Å². The van der Waals surface area contributed by atoms with Crippen LogP contribution in [0.5, 0.6) is 5.75 Å². The van der Waals surface area contributed by atoms with Gasteiger partial charge in [0.15, 0.2) is 0 Å². The van der Waals surface area contributed by atoms with Gasteiger partial charge in [0.05, 0.1) is 7.11 Å². The lowest BCUT2D eigenvalue weighted by atomic mass is 9.88. The number of nitrogens with zero attached hydrogens (tertiary/aromatic N) is 1. The van der Waals surface area contributed by atoms with Gasteiger partial charge in [-0.15, -0.1) is 0 Å². The van der Waals surface area contributed by atoms with Crippen LogP contribution in [0.15, 0.2) is 48.5 Å². The first-order chi connectivity index (χ1) is 16.3. The molecule has 1 fully saturated rings. The predicted octanol–water partition coefficient (Wildman–Crippen LogP) is 3.57. The van der Waals surface area contributed by atoms with Gasteiger partial charge in [-0.2, -0.15) is 0 Å². The Balaban J connectivity index is 1.71. The zero-order chi connectivity index (χ0) is 24.7. The van der Waals surface area contributed by atoms with Crippen molar-refractivity contribution in [1.29, 1.82) is 0 Å². The number of carbonyl (C=O) groups excluding carboxylic acids is 3. The molecule has 0 spiro atoms. The Bertz CT molecular complexity index is 1010. The number of hydrogen-bond acceptors (Lipinski definition) is 4. The minimum absolute atomic E-state index is 0.00294. The summed E-state index contributed by atoms with van der Waals surface area (Å²) in [5.41, 5.74) is 2.16. The van der Waals surface area contributed by atoms with Crippen LogP contribution in [0, 0.1) is 12.8 Å². The summed E-state index contributed by atoms with van der Waals surface area (Å²) in [5.74, 6) is 0.00935. The van der Waals surface area contributed by atoms with Crippen molar-refractivity contribution in [3.05, 3.63) is 65.2 Å². The standard InChI is InChI=1S/C27H35N3O4/c1-5-19(3)28-26(32)24(29-25(31)21-9-7-11-23(17-21)34-4)20-12-14-30(15-13-20)27(33)22-10-6-8-18(2)16-22/h6-11,16-17,19-20,24H,5,12-15H2,1-4H3,(H,28,32)(H,29,31). The molecule has 0 aliphatic carbocycles. The van der Waals surface area contributed by atoms with Gasteiger partial charge in [0.2, 0.25) is 5.91 Å². The molecule has 3 amide bonds. The Kier molecular flexibility index (Phi) is 8.68. The lowest BCUT2D eigenvalue weighted by Crippen LogP contribution is -2.55. The summed E-state index contributed by atoms with van der Waals surface area (Å²) in [6, 6.07) is 13.8. The van der Waals surface area contributed by atoms with Gasteiger partial charge in [-0.05, 0) is 69.4 Å². The second kappa shape index (κ2) is 11.7. The van der Waals surface area contributed by atoms with Crippen LogP contribution in [0.2, 0.25) is 0 Å². The van der Waals surface area contributed by atoms with E-state index in [0.717, 1.165) is 12.0 Å². The zero-order valence-electron chi connectivity index (χ0n) is 20.5. The highest BCUT2D eigenvalue weighted by atomic mass is 16.5. The third kappa shape index (κ3) is 6.37. The van der Waals surface area contributed by atoms with E-state index in [1.54, 1.807) is 31.4 Å². The molecule has 7 heteroatoms. The Morgan fingerprint density at radius 1 is 1.03 bits per heavy atom. The van der Waals surface area contributed by atoms with Crippen molar-refractivity contribution in [2.75, 3.05) is 20.2 Å². The monoisotopic (exact) mass is 465 g/mol. The number of carbonyl (C=O) groups is 3. The highest BCUT2D eigenvalue weighted by Crippen LogP contribution is 2.24. The summed E-state index contributed by atoms with van der Waals surface area (Å²) < 4.78 is 5.22. The molecule has 2 aromatic rings. The van der Waals surface area contributed by atoms with Crippen LogP contribution in [0.3, 0.4) is 0 Å². The SMILES string of the molecule is CCC(C)NC(=O)C(NC(=O)c1cccc(OC)c1)C1CCN(C(=O)c2cccc(C)c2)CC1. The van der Waals surface area contributed by atoms with Crippen LogP contribution in [0.1, 0.15) is 59.4 Å². The van der Waals surface area contributed by atoms with Crippen molar-refractivity contribution in [3.8, 4) is 5.75 Å². The number of aryl methyl sites for hydroxylation is 1. The summed E-state index contributed by atoms with van der Waals surface area (Å²) in [6.07, 6.45) is 2.06. The van der Waals surface area contributed by atoms with Crippen LogP contribution < -0.4 is 15.4 Å². The molecule has 0 aromatic heterocycles. The summed E-state index contributed by atoms with van der Waals surface area (Å²) in [4.78, 5) is 40.9. The van der Waals surface area contributed by atoms with Crippen LogP contribution >= 0.6 is 0 Å². The number of ether oxygens (including phenoxy) is 1. The first-order valence-electron chi connectivity index (χ1n) is 11.9. The zero-order valence-corrected chi connectivity index (χ0v) is 20.5. The number of likely N-dealkylation sites (tertiary alicyclic amines) is 1. The second-order valence-electron chi connectivity index (χ2n) is 9.00. The topological polar surface area (TPSA) is 87.7 Å². The molecule has 7 nitrogen and oxygen atoms in total. The van der Waals surface area contributed by atoms with Gasteiger partial charge in [0, 0.05) is 30.3 Å². The predicted molar refractivity (Wildman–Crippen MR) is 132 cm³/mol. The van der Waals surface area contributed by atoms with Crippen molar-refractivity contribution in [1.82, 2.24) is 15.5 Å². The molecule has 0 saturated carbocycles. The Morgan fingerprint density at radius 2 is 1.71 bits per heavy atom. The maximum Gasteiger partial charge on any atom is 0.253 e. The van der Waals surface area contributed by atoms with Gasteiger partial charge < -0.3 is 20.3 Å². The third-order valence-corrected chi connectivity index (χ3v) is 6.47. The lowest BCUT2D eigenvalue weighted by molar-refractivity contribution is -0.125. The van der Waals surface area contributed by atoms with E-state index in [4.69, 9.17) is 4.74 Å². The molecule has 3 rings (SSSR count). The van der Waals surface area contributed by atoms with Crippen molar-refractivity contribution >= 4 is 17.7 Å². The quantitative estimate of drug-likeness (QED) is 0.624. The summed E-state index contributed by atoms with van der Waals surface area (Å²) in [7, 11) is 1.55. The van der Waals surface area contributed by atoms with E-state index in [-0.39, 0.29) is 29.7 Å². The molecule has 182 valence electrons. The highest BCUT2D eigenvalue weighted by Gasteiger charge is 2.34. The average Bonchev–Trinajstić information content (AvgIpc) is 2.86. The fraction of sp³-hybridized carbons (Fsp3) is 0.444. The number of nitrogens with one attached hydrogen (secondary N) is 2. The number of methoxy groups -OCH3 is 1. The maximum absolute atomic E-state index is 13.1. The van der Waals surface area contributed by atoms with E-state index in [1.165, 1.54) is 0 Å². The fourth-order valence-electron chi connectivity index (χ4n) is 4.22. The van der Waals surface area contributed by atoms with Gasteiger partial charge in [-0.1, -0.05) is 30.7 Å². The van der Waals surface area contributed by atoms with Crippen molar-refractivity contribution < 1.29 is 19.1 Å². The molecule has 2 N–H and O–H groups in total. The minimum Gasteiger partial charge on any atom is -0.497 e. The number of hydrogen-bond donors (Lipinski definition) is 2. The molecule has 1 aliphatic heterocycles. The number of piperidine rings is 1. The third-order valence-electron chi connectivity index (χ3n) is 6.47. The molecule has 34 heavy (non-hydrogen) atoms. The largest absolute Gasteiger partial charge is 0.497 e. The Hall–Kier alpha value is -3.35. The van der Waals surface area contributed by atoms with E-state index in [1.807, 2.05) is 49.9 Å².